The summed E-state index contributed by atoms with van der Waals surface area (Å²) in [5.41, 5.74) is 8.62. The van der Waals surface area contributed by atoms with Crippen LogP contribution in [0.15, 0.2) is 48.5 Å². The molecule has 0 N–H and O–H groups in total. The Morgan fingerprint density at radius 3 is 1.20 bits per heavy atom. The van der Waals surface area contributed by atoms with Crippen LogP contribution in [0.25, 0.3) is 21.5 Å². The van der Waals surface area contributed by atoms with E-state index in [0.29, 0.717) is 0 Å². The fraction of sp³-hybridized carbons (Fsp3) is 0.250. The van der Waals surface area contributed by atoms with Gasteiger partial charge in [0.2, 0.25) is 0 Å². The molecule has 0 aliphatic heterocycles. The van der Waals surface area contributed by atoms with Gasteiger partial charge in [0.05, 0.1) is 0 Å². The number of hydrogen-bond acceptors (Lipinski definition) is 0. The maximum Gasteiger partial charge on any atom is 0 e. The first-order valence-corrected chi connectivity index (χ1v) is 8.65. The Kier molecular flexibility index (Phi) is 5.92. The van der Waals surface area contributed by atoms with Crippen LogP contribution in [0.3, 0.4) is 0 Å². The molecule has 0 bridgehead atoms. The monoisotopic (exact) mass is 373 g/mol. The third-order valence-corrected chi connectivity index (χ3v) is 5.72. The van der Waals surface area contributed by atoms with E-state index < -0.39 is 0 Å². The van der Waals surface area contributed by atoms with Gasteiger partial charge in [0.25, 0.3) is 0 Å². The first-order chi connectivity index (χ1) is 11.4. The van der Waals surface area contributed by atoms with Crippen molar-refractivity contribution in [2.45, 2.75) is 41.5 Å². The van der Waals surface area contributed by atoms with Crippen molar-refractivity contribution in [2.75, 3.05) is 0 Å². The Labute approximate surface area is 161 Å². The van der Waals surface area contributed by atoms with E-state index in [1.54, 1.807) is 0 Å². The summed E-state index contributed by atoms with van der Waals surface area (Å²) in [6.07, 6.45) is 0. The zero-order chi connectivity index (χ0) is 17.4. The standard InChI is InChI=1S/2C12H13.Co/c2*1-8-9(2)11-6-4-5-7-12(11)10(8)3;/h2*4-7H,1-3H3;/q2*-1;. The molecule has 1 radical (unpaired) electrons. The van der Waals surface area contributed by atoms with Gasteiger partial charge in [-0.2, -0.15) is 11.1 Å². The van der Waals surface area contributed by atoms with Gasteiger partial charge in [-0.25, -0.2) is 0 Å². The van der Waals surface area contributed by atoms with Crippen LogP contribution >= 0.6 is 0 Å². The van der Waals surface area contributed by atoms with Crippen LogP contribution in [0, 0.1) is 41.5 Å². The summed E-state index contributed by atoms with van der Waals surface area (Å²) in [6, 6.07) is 17.2. The third kappa shape index (κ3) is 3.31. The van der Waals surface area contributed by atoms with Crippen molar-refractivity contribution < 1.29 is 16.8 Å². The second-order valence-corrected chi connectivity index (χ2v) is 6.84. The Bertz CT molecular complexity index is 850. The van der Waals surface area contributed by atoms with Crippen LogP contribution in [-0.2, 0) is 16.8 Å². The second kappa shape index (κ2) is 7.59. The summed E-state index contributed by atoms with van der Waals surface area (Å²) in [5.74, 6) is 0. The molecule has 0 aliphatic rings. The van der Waals surface area contributed by atoms with Crippen LogP contribution in [0.1, 0.15) is 33.4 Å². The normalized spacial score (nSPS) is 10.5. The van der Waals surface area contributed by atoms with Gasteiger partial charge in [0.15, 0.2) is 0 Å². The summed E-state index contributed by atoms with van der Waals surface area (Å²) in [6.45, 7) is 13.2. The summed E-state index contributed by atoms with van der Waals surface area (Å²) < 4.78 is 0. The van der Waals surface area contributed by atoms with Crippen molar-refractivity contribution in [3.8, 4) is 0 Å². The average molecular weight is 373 g/mol. The molecule has 0 aliphatic carbocycles. The van der Waals surface area contributed by atoms with Crippen molar-refractivity contribution >= 4 is 21.5 Å². The van der Waals surface area contributed by atoms with Crippen molar-refractivity contribution in [2.24, 2.45) is 0 Å². The third-order valence-electron chi connectivity index (χ3n) is 5.72. The molecule has 0 unspecified atom stereocenters. The van der Waals surface area contributed by atoms with Crippen LogP contribution < -0.4 is 0 Å². The molecule has 0 amide bonds. The molecule has 0 atom stereocenters. The summed E-state index contributed by atoms with van der Waals surface area (Å²) in [5, 5.41) is 5.64. The second-order valence-electron chi connectivity index (χ2n) is 6.84. The quantitative estimate of drug-likeness (QED) is 0.292. The Morgan fingerprint density at radius 1 is 0.560 bits per heavy atom. The molecule has 4 aromatic carbocycles. The largest absolute Gasteiger partial charge is 0.153 e. The summed E-state index contributed by atoms with van der Waals surface area (Å²) >= 11 is 0. The number of hydrogen-bond donors (Lipinski definition) is 0. The first-order valence-electron chi connectivity index (χ1n) is 8.65. The van der Waals surface area contributed by atoms with Gasteiger partial charge in [-0.1, -0.05) is 53.7 Å². The minimum Gasteiger partial charge on any atom is -0.153 e. The number of fused-ring (bicyclic) bond motifs is 2. The van der Waals surface area contributed by atoms with Gasteiger partial charge in [-0.15, -0.1) is 80.2 Å². The van der Waals surface area contributed by atoms with Gasteiger partial charge < -0.3 is 0 Å². The maximum absolute atomic E-state index is 2.20. The first kappa shape index (κ1) is 19.5. The van der Waals surface area contributed by atoms with Gasteiger partial charge in [-0.05, 0) is 0 Å². The SMILES string of the molecule is Cc1c(C)[c-](C)c2ccccc12.Cc1c(C)[c-](C)c2ccccc12.[Co]. The molecular weight excluding hydrogens is 347 g/mol. The predicted octanol–water partition coefficient (Wildman–Crippen LogP) is 6.97. The molecule has 0 aromatic heterocycles. The molecule has 1 heteroatoms. The molecule has 25 heavy (non-hydrogen) atoms. The average Bonchev–Trinajstić information content (AvgIpc) is 2.98. The van der Waals surface area contributed by atoms with E-state index in [1.165, 1.54) is 54.9 Å². The van der Waals surface area contributed by atoms with E-state index in [9.17, 15) is 0 Å². The Balaban J connectivity index is 0.000000173. The molecule has 4 rings (SSSR count). The molecule has 0 fully saturated rings. The molecule has 0 spiro atoms. The maximum atomic E-state index is 2.20. The van der Waals surface area contributed by atoms with E-state index >= 15 is 0 Å². The zero-order valence-electron chi connectivity index (χ0n) is 16.0. The number of aryl methyl sites for hydroxylation is 4. The van der Waals surface area contributed by atoms with Crippen molar-refractivity contribution in [3.05, 3.63) is 81.9 Å². The molecule has 0 heterocycles. The number of benzene rings is 2. The van der Waals surface area contributed by atoms with Gasteiger partial charge in [0.1, 0.15) is 0 Å². The van der Waals surface area contributed by atoms with Crippen LogP contribution in [0.5, 0.6) is 0 Å². The molecular formula is C24H26Co-2. The van der Waals surface area contributed by atoms with Crippen LogP contribution in [0.2, 0.25) is 0 Å². The van der Waals surface area contributed by atoms with Crippen molar-refractivity contribution in [3.63, 3.8) is 0 Å². The summed E-state index contributed by atoms with van der Waals surface area (Å²) in [4.78, 5) is 0. The predicted molar refractivity (Wildman–Crippen MR) is 108 cm³/mol. The summed E-state index contributed by atoms with van der Waals surface area (Å²) in [7, 11) is 0. The Morgan fingerprint density at radius 2 is 0.880 bits per heavy atom. The van der Waals surface area contributed by atoms with Gasteiger partial charge >= 0.3 is 0 Å². The van der Waals surface area contributed by atoms with Crippen LogP contribution in [-0.4, -0.2) is 0 Å². The fourth-order valence-electron chi connectivity index (χ4n) is 3.64. The van der Waals surface area contributed by atoms with Crippen molar-refractivity contribution in [1.29, 1.82) is 0 Å². The zero-order valence-corrected chi connectivity index (χ0v) is 17.0. The molecule has 0 nitrogen and oxygen atoms in total. The molecule has 4 aromatic rings. The van der Waals surface area contributed by atoms with Gasteiger partial charge in [0, 0.05) is 16.8 Å². The Hall–Kier alpha value is -1.83. The van der Waals surface area contributed by atoms with Gasteiger partial charge in [-0.3, -0.25) is 0 Å². The fourth-order valence-corrected chi connectivity index (χ4v) is 3.64. The minimum absolute atomic E-state index is 0. The van der Waals surface area contributed by atoms with Crippen LogP contribution in [0.4, 0.5) is 0 Å². The molecule has 0 saturated carbocycles. The molecule has 0 saturated heterocycles. The van der Waals surface area contributed by atoms with E-state index in [-0.39, 0.29) is 16.8 Å². The van der Waals surface area contributed by atoms with E-state index in [0.717, 1.165) is 0 Å². The van der Waals surface area contributed by atoms with E-state index in [4.69, 9.17) is 0 Å². The number of rotatable bonds is 0. The molecule has 133 valence electrons. The minimum atomic E-state index is 0. The smallest absolute Gasteiger partial charge is 0 e. The van der Waals surface area contributed by atoms with E-state index in [2.05, 4.69) is 90.1 Å². The van der Waals surface area contributed by atoms with E-state index in [1.807, 2.05) is 0 Å². The topological polar surface area (TPSA) is 0 Å². The van der Waals surface area contributed by atoms with Crippen molar-refractivity contribution in [1.82, 2.24) is 0 Å².